The summed E-state index contributed by atoms with van der Waals surface area (Å²) in [6, 6.07) is 10.3. The van der Waals surface area contributed by atoms with Crippen molar-refractivity contribution >= 4 is 34.7 Å². The number of esters is 1. The molecule has 0 spiro atoms. The minimum absolute atomic E-state index is 0.0442. The summed E-state index contributed by atoms with van der Waals surface area (Å²) in [6.07, 6.45) is 1.00. The first kappa shape index (κ1) is 16.9. The van der Waals surface area contributed by atoms with Gasteiger partial charge in [0.2, 0.25) is 5.91 Å². The fourth-order valence-corrected chi connectivity index (χ4v) is 2.76. The number of thiophene rings is 1. The van der Waals surface area contributed by atoms with Gasteiger partial charge in [-0.05, 0) is 30.0 Å². The number of ether oxygens (including phenoxy) is 1. The molecule has 0 saturated heterocycles. The van der Waals surface area contributed by atoms with E-state index in [1.165, 1.54) is 18.4 Å². The largest absolute Gasteiger partial charge is 0.465 e. The van der Waals surface area contributed by atoms with Crippen LogP contribution in [0.5, 0.6) is 0 Å². The highest BCUT2D eigenvalue weighted by Gasteiger charge is 2.13. The van der Waals surface area contributed by atoms with E-state index in [1.807, 2.05) is 11.4 Å². The maximum absolute atomic E-state index is 12.0. The molecule has 23 heavy (non-hydrogen) atoms. The van der Waals surface area contributed by atoms with Crippen molar-refractivity contribution in [1.82, 2.24) is 0 Å². The number of ketones is 1. The smallest absolute Gasteiger partial charge is 0.339 e. The Kier molecular flexibility index (Phi) is 6.05. The zero-order valence-corrected chi connectivity index (χ0v) is 13.5. The lowest BCUT2D eigenvalue weighted by Gasteiger charge is -2.09. The van der Waals surface area contributed by atoms with Gasteiger partial charge in [0, 0.05) is 12.8 Å². The van der Waals surface area contributed by atoms with E-state index < -0.39 is 5.97 Å². The summed E-state index contributed by atoms with van der Waals surface area (Å²) in [4.78, 5) is 36.2. The third-order valence-electron chi connectivity index (χ3n) is 3.21. The molecule has 0 aliphatic carbocycles. The van der Waals surface area contributed by atoms with Crippen LogP contribution in [-0.4, -0.2) is 24.8 Å². The average Bonchev–Trinajstić information content (AvgIpc) is 3.09. The minimum Gasteiger partial charge on any atom is -0.465 e. The number of hydrogen-bond acceptors (Lipinski definition) is 5. The number of carbonyl (C=O) groups excluding carboxylic acids is 3. The third kappa shape index (κ3) is 4.75. The summed E-state index contributed by atoms with van der Waals surface area (Å²) in [7, 11) is 1.29. The first-order chi connectivity index (χ1) is 11.1. The van der Waals surface area contributed by atoms with E-state index in [0.29, 0.717) is 29.0 Å². The van der Waals surface area contributed by atoms with Crippen LogP contribution < -0.4 is 5.32 Å². The lowest BCUT2D eigenvalue weighted by molar-refractivity contribution is -0.116. The summed E-state index contributed by atoms with van der Waals surface area (Å²) < 4.78 is 4.68. The molecule has 5 nitrogen and oxygen atoms in total. The number of carbonyl (C=O) groups is 3. The number of benzene rings is 1. The maximum Gasteiger partial charge on any atom is 0.339 e. The molecule has 1 aromatic carbocycles. The van der Waals surface area contributed by atoms with E-state index in [1.54, 1.807) is 30.3 Å². The Bertz CT molecular complexity index is 694. The topological polar surface area (TPSA) is 72.5 Å². The highest BCUT2D eigenvalue weighted by molar-refractivity contribution is 7.12. The normalized spacial score (nSPS) is 10.1. The second-order valence-corrected chi connectivity index (χ2v) is 5.79. The molecular formula is C17H17NO4S. The predicted octanol–water partition coefficient (Wildman–Crippen LogP) is 3.53. The number of anilines is 1. The van der Waals surface area contributed by atoms with Crippen LogP contribution >= 0.6 is 11.3 Å². The summed E-state index contributed by atoms with van der Waals surface area (Å²) in [5.74, 6) is -0.697. The number of para-hydroxylation sites is 1. The van der Waals surface area contributed by atoms with Gasteiger partial charge in [-0.1, -0.05) is 18.2 Å². The molecule has 0 bridgehead atoms. The van der Waals surface area contributed by atoms with Gasteiger partial charge in [0.15, 0.2) is 5.78 Å². The summed E-state index contributed by atoms with van der Waals surface area (Å²) in [5.41, 5.74) is 0.715. The Hall–Kier alpha value is -2.47. The second-order valence-electron chi connectivity index (χ2n) is 4.84. The van der Waals surface area contributed by atoms with Crippen LogP contribution in [0.1, 0.15) is 39.3 Å². The Labute approximate surface area is 138 Å². The standard InChI is InChI=1S/C17H17NO4S/c1-22-17(21)12-6-2-3-7-13(12)18-16(20)10-4-8-14(19)15-9-5-11-23-15/h2-3,5-7,9,11H,4,8,10H2,1H3,(H,18,20). The van der Waals surface area contributed by atoms with Crippen LogP contribution in [0.2, 0.25) is 0 Å². The molecule has 0 atom stereocenters. The molecule has 120 valence electrons. The van der Waals surface area contributed by atoms with Gasteiger partial charge in [-0.25, -0.2) is 4.79 Å². The Morgan fingerprint density at radius 1 is 1.09 bits per heavy atom. The minimum atomic E-state index is -0.506. The SMILES string of the molecule is COC(=O)c1ccccc1NC(=O)CCCC(=O)c1cccs1. The first-order valence-corrected chi connectivity index (χ1v) is 8.03. The molecule has 2 aromatic rings. The van der Waals surface area contributed by atoms with E-state index in [4.69, 9.17) is 0 Å². The average molecular weight is 331 g/mol. The number of nitrogens with one attached hydrogen (secondary N) is 1. The number of rotatable bonds is 7. The molecule has 0 fully saturated rings. The number of methoxy groups -OCH3 is 1. The predicted molar refractivity (Wildman–Crippen MR) is 88.9 cm³/mol. The quantitative estimate of drug-likeness (QED) is 0.622. The molecule has 1 heterocycles. The summed E-state index contributed by atoms with van der Waals surface area (Å²) in [6.45, 7) is 0. The zero-order chi connectivity index (χ0) is 16.7. The van der Waals surface area contributed by atoms with E-state index in [-0.39, 0.29) is 18.1 Å². The fourth-order valence-electron chi connectivity index (χ4n) is 2.06. The molecule has 0 aliphatic rings. The zero-order valence-electron chi connectivity index (χ0n) is 12.7. The van der Waals surface area contributed by atoms with Crippen molar-refractivity contribution in [3.63, 3.8) is 0 Å². The molecule has 0 aliphatic heterocycles. The van der Waals surface area contributed by atoms with Crippen LogP contribution in [0, 0.1) is 0 Å². The lowest BCUT2D eigenvalue weighted by Crippen LogP contribution is -2.15. The molecule has 1 N–H and O–H groups in total. The van der Waals surface area contributed by atoms with Crippen LogP contribution in [0.4, 0.5) is 5.69 Å². The van der Waals surface area contributed by atoms with Gasteiger partial charge >= 0.3 is 5.97 Å². The van der Waals surface area contributed by atoms with Crippen LogP contribution in [0.3, 0.4) is 0 Å². The Balaban J connectivity index is 1.86. The van der Waals surface area contributed by atoms with Crippen LogP contribution in [-0.2, 0) is 9.53 Å². The van der Waals surface area contributed by atoms with Crippen molar-refractivity contribution in [3.8, 4) is 0 Å². The van der Waals surface area contributed by atoms with Crippen LogP contribution in [0.25, 0.3) is 0 Å². The van der Waals surface area contributed by atoms with Gasteiger partial charge in [0.25, 0.3) is 0 Å². The molecule has 6 heteroatoms. The van der Waals surface area contributed by atoms with Crippen molar-refractivity contribution < 1.29 is 19.1 Å². The van der Waals surface area contributed by atoms with Crippen LogP contribution in [0.15, 0.2) is 41.8 Å². The van der Waals surface area contributed by atoms with Crippen molar-refractivity contribution in [3.05, 3.63) is 52.2 Å². The monoisotopic (exact) mass is 331 g/mol. The summed E-state index contributed by atoms with van der Waals surface area (Å²) >= 11 is 1.40. The van der Waals surface area contributed by atoms with Crippen molar-refractivity contribution in [2.24, 2.45) is 0 Å². The fraction of sp³-hybridized carbons (Fsp3) is 0.235. The molecule has 1 aromatic heterocycles. The van der Waals surface area contributed by atoms with Crippen molar-refractivity contribution in [1.29, 1.82) is 0 Å². The highest BCUT2D eigenvalue weighted by Crippen LogP contribution is 2.17. The van der Waals surface area contributed by atoms with Gasteiger partial charge in [0.05, 0.1) is 23.2 Å². The van der Waals surface area contributed by atoms with Crippen molar-refractivity contribution in [2.45, 2.75) is 19.3 Å². The molecule has 0 unspecified atom stereocenters. The van der Waals surface area contributed by atoms with Gasteiger partial charge < -0.3 is 10.1 Å². The Morgan fingerprint density at radius 2 is 1.87 bits per heavy atom. The van der Waals surface area contributed by atoms with Gasteiger partial charge in [-0.3, -0.25) is 9.59 Å². The third-order valence-corrected chi connectivity index (χ3v) is 4.12. The molecule has 0 saturated carbocycles. The number of hydrogen-bond donors (Lipinski definition) is 1. The second kappa shape index (κ2) is 8.24. The van der Waals surface area contributed by atoms with E-state index in [9.17, 15) is 14.4 Å². The van der Waals surface area contributed by atoms with Crippen molar-refractivity contribution in [2.75, 3.05) is 12.4 Å². The number of amides is 1. The number of Topliss-reactive ketones (excluding diaryl/α,β-unsaturated/α-hetero) is 1. The summed E-state index contributed by atoms with van der Waals surface area (Å²) in [5, 5.41) is 4.54. The van der Waals surface area contributed by atoms with E-state index in [2.05, 4.69) is 10.1 Å². The molecular weight excluding hydrogens is 314 g/mol. The molecule has 0 radical (unpaired) electrons. The molecule has 1 amide bonds. The maximum atomic E-state index is 12.0. The van der Waals surface area contributed by atoms with Gasteiger partial charge in [-0.2, -0.15) is 0 Å². The molecule has 2 rings (SSSR count). The van der Waals surface area contributed by atoms with Gasteiger partial charge in [0.1, 0.15) is 0 Å². The lowest BCUT2D eigenvalue weighted by atomic mass is 10.1. The first-order valence-electron chi connectivity index (χ1n) is 7.15. The van der Waals surface area contributed by atoms with Gasteiger partial charge in [-0.15, -0.1) is 11.3 Å². The highest BCUT2D eigenvalue weighted by atomic mass is 32.1. The Morgan fingerprint density at radius 3 is 2.57 bits per heavy atom. The van der Waals surface area contributed by atoms with E-state index >= 15 is 0 Å². The van der Waals surface area contributed by atoms with E-state index in [0.717, 1.165) is 0 Å².